The number of nitrogens with two attached hydrogens (primary N) is 1. The minimum atomic E-state index is -0.625. The number of hydrogen-bond acceptors (Lipinski definition) is 9. The molecule has 3 saturated heterocycles. The van der Waals surface area contributed by atoms with Crippen LogP contribution < -0.4 is 26.6 Å². The van der Waals surface area contributed by atoms with E-state index in [1.54, 1.807) is 4.90 Å². The molecule has 1 aromatic heterocycles. The lowest BCUT2D eigenvalue weighted by Crippen LogP contribution is -2.52. The quantitative estimate of drug-likeness (QED) is 0.159. The molecular weight excluding hydrogens is 630 g/mol. The molecule has 3 unspecified atom stereocenters. The highest BCUT2D eigenvalue weighted by Crippen LogP contribution is 2.34. The first-order valence-corrected chi connectivity index (χ1v) is 17.6. The van der Waals surface area contributed by atoms with Crippen LogP contribution in [0.1, 0.15) is 59.4 Å². The highest BCUT2D eigenvalue weighted by molar-refractivity contribution is 6.06. The van der Waals surface area contributed by atoms with Crippen molar-refractivity contribution in [2.24, 2.45) is 5.73 Å². The van der Waals surface area contributed by atoms with Gasteiger partial charge in [0.25, 0.3) is 5.91 Å². The number of para-hydroxylation sites is 2. The van der Waals surface area contributed by atoms with Crippen molar-refractivity contribution < 1.29 is 14.4 Å². The van der Waals surface area contributed by atoms with Crippen molar-refractivity contribution in [2.45, 2.75) is 63.4 Å². The summed E-state index contributed by atoms with van der Waals surface area (Å²) in [4.78, 5) is 52.2. The molecule has 0 saturated carbocycles. The molecule has 12 nitrogen and oxygen atoms in total. The summed E-state index contributed by atoms with van der Waals surface area (Å²) in [6.45, 7) is 4.42. The number of aromatic amines is 1. The number of likely N-dealkylation sites (tertiary alicyclic amines) is 1. The van der Waals surface area contributed by atoms with Crippen LogP contribution in [0.4, 0.5) is 11.4 Å². The molecule has 0 radical (unpaired) electrons. The van der Waals surface area contributed by atoms with Gasteiger partial charge in [0.1, 0.15) is 11.9 Å². The van der Waals surface area contributed by atoms with Gasteiger partial charge in [-0.15, -0.1) is 0 Å². The fraction of sp³-hybridized carbons (Fsp3) is 0.368. The van der Waals surface area contributed by atoms with Gasteiger partial charge in [-0.1, -0.05) is 30.3 Å². The lowest BCUT2D eigenvalue weighted by molar-refractivity contribution is -0.136. The third kappa shape index (κ3) is 6.32. The van der Waals surface area contributed by atoms with E-state index >= 15 is 0 Å². The van der Waals surface area contributed by atoms with E-state index in [0.29, 0.717) is 31.1 Å². The molecule has 0 bridgehead atoms. The molecule has 8 rings (SSSR count). The summed E-state index contributed by atoms with van der Waals surface area (Å²) in [6, 6.07) is 22.3. The first-order chi connectivity index (χ1) is 24.4. The Balaban J connectivity index is 0.897. The van der Waals surface area contributed by atoms with Crippen LogP contribution in [0.2, 0.25) is 0 Å². The number of imidazole rings is 1. The van der Waals surface area contributed by atoms with E-state index in [1.807, 2.05) is 48.7 Å². The molecule has 3 aromatic carbocycles. The Morgan fingerprint density at radius 1 is 1.00 bits per heavy atom. The minimum Gasteiger partial charge on any atom is -0.386 e. The van der Waals surface area contributed by atoms with Crippen molar-refractivity contribution in [3.8, 4) is 0 Å². The van der Waals surface area contributed by atoms with Crippen molar-refractivity contribution in [3.63, 3.8) is 0 Å². The summed E-state index contributed by atoms with van der Waals surface area (Å²) < 4.78 is 0. The monoisotopic (exact) mass is 673 g/mol. The van der Waals surface area contributed by atoms with E-state index in [-0.39, 0.29) is 24.4 Å². The SMILES string of the molecule is NC/C(=C\NC1CCN(c2cccc(CN3CCCC3Nc3cccc4c3CN(C3CCC(=O)NC3=O)C4=O)c2)C1)c1nc2ccccc2[nH]1. The average Bonchev–Trinajstić information content (AvgIpc) is 3.93. The number of fused-ring (bicyclic) bond motifs is 2. The second-order valence-corrected chi connectivity index (χ2v) is 13.7. The second-order valence-electron chi connectivity index (χ2n) is 13.7. The van der Waals surface area contributed by atoms with Gasteiger partial charge in [0.05, 0.1) is 17.2 Å². The number of carbonyl (C=O) groups is 3. The molecule has 4 aliphatic rings. The highest BCUT2D eigenvalue weighted by Gasteiger charge is 2.40. The standard InChI is InChI=1S/C38H43N9O3/c39-19-25(36-42-31-9-1-2-10-32(31)43-36)20-40-26-15-17-45(22-26)27-7-3-6-24(18-27)21-46-16-5-12-34(46)41-30-11-4-8-28-29(30)23-47(38(28)50)33-13-14-35(48)44-37(33)49/h1-4,6-11,18,20,26,33-34,40-41H,5,12-17,19,21-23,39H2,(H,42,43)(H,44,48,49)/b25-20+. The summed E-state index contributed by atoms with van der Waals surface area (Å²) in [7, 11) is 0. The predicted octanol–water partition coefficient (Wildman–Crippen LogP) is 3.53. The summed E-state index contributed by atoms with van der Waals surface area (Å²) in [5.41, 5.74) is 14.0. The van der Waals surface area contributed by atoms with Crippen molar-refractivity contribution in [1.29, 1.82) is 0 Å². The van der Waals surface area contributed by atoms with Crippen LogP contribution in [0.15, 0.2) is 72.9 Å². The van der Waals surface area contributed by atoms with Crippen LogP contribution in [-0.2, 0) is 22.7 Å². The molecule has 3 fully saturated rings. The van der Waals surface area contributed by atoms with Gasteiger partial charge in [0.2, 0.25) is 11.8 Å². The molecule has 3 atom stereocenters. The van der Waals surface area contributed by atoms with E-state index in [1.165, 1.54) is 11.3 Å². The van der Waals surface area contributed by atoms with Crippen LogP contribution >= 0.6 is 0 Å². The molecule has 50 heavy (non-hydrogen) atoms. The fourth-order valence-electron chi connectivity index (χ4n) is 7.84. The van der Waals surface area contributed by atoms with Gasteiger partial charge >= 0.3 is 0 Å². The summed E-state index contributed by atoms with van der Waals surface area (Å²) in [5, 5.41) is 9.75. The number of H-pyrrole nitrogens is 1. The zero-order valence-corrected chi connectivity index (χ0v) is 28.0. The molecule has 3 amide bonds. The van der Waals surface area contributed by atoms with Gasteiger partial charge < -0.3 is 31.2 Å². The number of nitrogens with zero attached hydrogens (tertiary/aromatic N) is 4. The zero-order chi connectivity index (χ0) is 34.2. The number of carbonyl (C=O) groups excluding carboxylic acids is 3. The van der Waals surface area contributed by atoms with Crippen molar-refractivity contribution in [3.05, 3.63) is 95.4 Å². The number of imide groups is 1. The molecule has 0 spiro atoms. The number of benzene rings is 3. The minimum absolute atomic E-state index is 0.126. The van der Waals surface area contributed by atoms with E-state index in [4.69, 9.17) is 10.7 Å². The second kappa shape index (κ2) is 13.6. The zero-order valence-electron chi connectivity index (χ0n) is 28.0. The Bertz CT molecular complexity index is 1940. The Morgan fingerprint density at radius 3 is 2.74 bits per heavy atom. The number of nitrogens with one attached hydrogen (secondary N) is 4. The van der Waals surface area contributed by atoms with Gasteiger partial charge in [-0.2, -0.15) is 0 Å². The number of rotatable bonds is 10. The lowest BCUT2D eigenvalue weighted by atomic mass is 10.0. The smallest absolute Gasteiger partial charge is 0.255 e. The van der Waals surface area contributed by atoms with Crippen LogP contribution in [0, 0.1) is 0 Å². The van der Waals surface area contributed by atoms with Gasteiger partial charge in [-0.3, -0.25) is 24.6 Å². The number of hydrogen-bond donors (Lipinski definition) is 5. The largest absolute Gasteiger partial charge is 0.386 e. The van der Waals surface area contributed by atoms with Crippen molar-refractivity contribution >= 4 is 45.7 Å². The number of amides is 3. The Labute approximate surface area is 291 Å². The molecule has 5 heterocycles. The molecule has 4 aromatic rings. The maximum absolute atomic E-state index is 13.4. The number of aromatic nitrogens is 2. The van der Waals surface area contributed by atoms with Crippen LogP contribution in [0.3, 0.4) is 0 Å². The van der Waals surface area contributed by atoms with Crippen LogP contribution in [0.5, 0.6) is 0 Å². The van der Waals surface area contributed by atoms with Crippen LogP contribution in [-0.4, -0.2) is 81.9 Å². The Kier molecular flexibility index (Phi) is 8.71. The van der Waals surface area contributed by atoms with Gasteiger partial charge in [0.15, 0.2) is 0 Å². The molecular formula is C38H43N9O3. The van der Waals surface area contributed by atoms with Crippen molar-refractivity contribution in [2.75, 3.05) is 36.4 Å². The highest BCUT2D eigenvalue weighted by atomic mass is 16.2. The van der Waals surface area contributed by atoms with Crippen molar-refractivity contribution in [1.82, 2.24) is 30.4 Å². The maximum atomic E-state index is 13.4. The molecule has 12 heteroatoms. The van der Waals surface area contributed by atoms with Crippen LogP contribution in [0.25, 0.3) is 16.6 Å². The first kappa shape index (κ1) is 32.0. The van der Waals surface area contributed by atoms with Gasteiger partial charge in [-0.05, 0) is 67.6 Å². The third-order valence-corrected chi connectivity index (χ3v) is 10.5. The average molecular weight is 674 g/mol. The van der Waals surface area contributed by atoms with E-state index in [2.05, 4.69) is 55.0 Å². The molecule has 258 valence electrons. The molecule has 6 N–H and O–H groups in total. The summed E-state index contributed by atoms with van der Waals surface area (Å²) in [6.07, 6.45) is 5.86. The van der Waals surface area contributed by atoms with E-state index < -0.39 is 11.9 Å². The van der Waals surface area contributed by atoms with Gasteiger partial charge in [0, 0.05) is 86.0 Å². The maximum Gasteiger partial charge on any atom is 0.255 e. The first-order valence-electron chi connectivity index (χ1n) is 17.6. The molecule has 4 aliphatic heterocycles. The normalized spacial score (nSPS) is 22.8. The summed E-state index contributed by atoms with van der Waals surface area (Å²) >= 11 is 0. The number of piperidine rings is 1. The Morgan fingerprint density at radius 2 is 1.88 bits per heavy atom. The number of anilines is 2. The Hall–Kier alpha value is -5.20. The molecule has 0 aliphatic carbocycles. The van der Waals surface area contributed by atoms with E-state index in [0.717, 1.165) is 79.1 Å². The van der Waals surface area contributed by atoms with E-state index in [9.17, 15) is 14.4 Å². The topological polar surface area (TPSA) is 152 Å². The van der Waals surface area contributed by atoms with Gasteiger partial charge in [-0.25, -0.2) is 4.98 Å². The summed E-state index contributed by atoms with van der Waals surface area (Å²) in [5.74, 6) is -0.0213. The third-order valence-electron chi connectivity index (χ3n) is 10.5. The lowest BCUT2D eigenvalue weighted by Gasteiger charge is -2.30. The fourth-order valence-corrected chi connectivity index (χ4v) is 7.84. The predicted molar refractivity (Wildman–Crippen MR) is 193 cm³/mol.